The van der Waals surface area contributed by atoms with E-state index in [1.165, 1.54) is 36.9 Å². The minimum Gasteiger partial charge on any atom is -0.507 e. The maximum absolute atomic E-state index is 9.97. The molecular weight excluding hydrogens is 508 g/mol. The maximum Gasteiger partial charge on any atom is 0.123 e. The highest BCUT2D eigenvalue weighted by Gasteiger charge is 2.38. The number of rotatable bonds is 7. The van der Waals surface area contributed by atoms with Crippen LogP contribution in [0.1, 0.15) is 57.1 Å². The normalized spacial score (nSPS) is 17.8. The Labute approximate surface area is 225 Å². The van der Waals surface area contributed by atoms with Gasteiger partial charge in [0.25, 0.3) is 0 Å². The molecule has 1 aliphatic heterocycles. The third-order valence-corrected chi connectivity index (χ3v) is 7.87. The lowest BCUT2D eigenvalue weighted by Gasteiger charge is -2.32. The molecule has 0 spiro atoms. The second-order valence-electron chi connectivity index (χ2n) is 9.46. The first-order valence-electron chi connectivity index (χ1n) is 12.8. The van der Waals surface area contributed by atoms with Crippen molar-refractivity contribution in [3.05, 3.63) is 119 Å². The minimum absolute atomic E-state index is 0.191. The Morgan fingerprint density at radius 2 is 1.72 bits per heavy atom. The molecule has 1 saturated carbocycles. The van der Waals surface area contributed by atoms with Crippen LogP contribution in [0.25, 0.3) is 5.57 Å². The van der Waals surface area contributed by atoms with Gasteiger partial charge in [0.15, 0.2) is 0 Å². The van der Waals surface area contributed by atoms with Gasteiger partial charge in [-0.05, 0) is 71.5 Å². The predicted molar refractivity (Wildman–Crippen MR) is 158 cm³/mol. The number of nitrogens with zero attached hydrogens (tertiary/aromatic N) is 1. The monoisotopic (exact) mass is 546 g/mol. The predicted octanol–water partition coefficient (Wildman–Crippen LogP) is 8.43. The van der Waals surface area contributed by atoms with Gasteiger partial charge in [0.1, 0.15) is 5.75 Å². The van der Waals surface area contributed by atoms with E-state index < -0.39 is 0 Å². The Balaban J connectivity index is 0.000000202. The Morgan fingerprint density at radius 3 is 2.33 bits per heavy atom. The van der Waals surface area contributed by atoms with E-state index >= 15 is 0 Å². The van der Waals surface area contributed by atoms with E-state index in [4.69, 9.17) is 0 Å². The van der Waals surface area contributed by atoms with Crippen LogP contribution in [0.4, 0.5) is 0 Å². The Morgan fingerprint density at radius 1 is 1.08 bits per heavy atom. The molecule has 2 aromatic carbocycles. The van der Waals surface area contributed by atoms with Crippen LogP contribution in [0.3, 0.4) is 0 Å². The first-order chi connectivity index (χ1) is 17.3. The van der Waals surface area contributed by atoms with Crippen molar-refractivity contribution in [2.75, 3.05) is 13.6 Å². The van der Waals surface area contributed by atoms with Crippen LogP contribution in [0, 0.1) is 0 Å². The highest BCUT2D eigenvalue weighted by molar-refractivity contribution is 9.11. The molecule has 4 rings (SSSR count). The zero-order valence-corrected chi connectivity index (χ0v) is 23.4. The number of benzene rings is 2. The second kappa shape index (κ2) is 12.8. The summed E-state index contributed by atoms with van der Waals surface area (Å²) < 4.78 is 0.926. The first kappa shape index (κ1) is 27.6. The second-order valence-corrected chi connectivity index (χ2v) is 10.3. The summed E-state index contributed by atoms with van der Waals surface area (Å²) in [6, 6.07) is 18.2. The third kappa shape index (κ3) is 6.22. The average molecular weight is 548 g/mol. The number of likely N-dealkylation sites (N-methyl/N-ethyl adjacent to an activating group) is 1. The molecule has 2 aromatic rings. The third-order valence-electron chi connectivity index (χ3n) is 7.14. The summed E-state index contributed by atoms with van der Waals surface area (Å²) in [5, 5.41) is 13.5. The molecule has 36 heavy (non-hydrogen) atoms. The highest BCUT2D eigenvalue weighted by atomic mass is 79.9. The van der Waals surface area contributed by atoms with E-state index in [0.29, 0.717) is 0 Å². The number of hydrogen-bond donors (Lipinski definition) is 2. The molecule has 0 unspecified atom stereocenters. The van der Waals surface area contributed by atoms with Crippen molar-refractivity contribution in [1.82, 2.24) is 10.2 Å². The molecule has 1 aliphatic carbocycles. The van der Waals surface area contributed by atoms with E-state index in [2.05, 4.69) is 82.6 Å². The molecule has 2 aliphatic rings. The molecule has 0 aromatic heterocycles. The highest BCUT2D eigenvalue weighted by Crippen LogP contribution is 2.45. The topological polar surface area (TPSA) is 35.5 Å². The number of nitrogens with one attached hydrogen (secondary N) is 1. The van der Waals surface area contributed by atoms with Crippen molar-refractivity contribution in [3.8, 4) is 5.75 Å². The van der Waals surface area contributed by atoms with Crippen LogP contribution < -0.4 is 5.32 Å². The Hall–Kier alpha value is -2.98. The van der Waals surface area contributed by atoms with Crippen LogP contribution in [-0.4, -0.2) is 23.6 Å². The van der Waals surface area contributed by atoms with Crippen molar-refractivity contribution in [1.29, 1.82) is 0 Å². The van der Waals surface area contributed by atoms with Gasteiger partial charge in [-0.1, -0.05) is 87.5 Å². The lowest BCUT2D eigenvalue weighted by molar-refractivity contribution is 0.473. The number of phenols is 1. The molecule has 2 N–H and O–H groups in total. The van der Waals surface area contributed by atoms with Crippen molar-refractivity contribution in [3.63, 3.8) is 0 Å². The van der Waals surface area contributed by atoms with E-state index in [-0.39, 0.29) is 11.2 Å². The van der Waals surface area contributed by atoms with Crippen LogP contribution in [0.15, 0.2) is 108 Å². The van der Waals surface area contributed by atoms with E-state index in [1.54, 1.807) is 12.1 Å². The maximum atomic E-state index is 9.97. The Bertz CT molecular complexity index is 1150. The number of phenolic OH excluding ortho intramolecular Hbond substituents is 1. The quantitative estimate of drug-likeness (QED) is 0.365. The van der Waals surface area contributed by atoms with Crippen molar-refractivity contribution >= 4 is 21.5 Å². The lowest BCUT2D eigenvalue weighted by Crippen LogP contribution is -2.33. The van der Waals surface area contributed by atoms with Crippen LogP contribution in [-0.2, 0) is 5.41 Å². The molecule has 1 fully saturated rings. The van der Waals surface area contributed by atoms with Crippen LogP contribution in [0.2, 0.25) is 0 Å². The summed E-state index contributed by atoms with van der Waals surface area (Å²) in [6.07, 6.45) is 12.1. The van der Waals surface area contributed by atoms with Gasteiger partial charge in [-0.3, -0.25) is 0 Å². The van der Waals surface area contributed by atoms with Crippen molar-refractivity contribution in [2.45, 2.75) is 51.4 Å². The molecular formula is C32H39BrN2O. The molecule has 0 saturated heterocycles. The average Bonchev–Trinajstić information content (AvgIpc) is 3.41. The molecule has 0 radical (unpaired) electrons. The summed E-state index contributed by atoms with van der Waals surface area (Å²) >= 11 is 3.51. The molecule has 0 amide bonds. The van der Waals surface area contributed by atoms with Gasteiger partial charge < -0.3 is 15.3 Å². The number of halogens is 1. The standard InChI is InChI=1S/C16H16BrNO.C16H23N/c1-4-14(17)15-10-12(9-11(2)18(15)3)13-7-5-6-8-16(13)19;1-3-13-17-14(2)16(11-7-8-12-16)15-9-5-4-6-10-15/h4-10,19H,1H2,2-3H3;4-6,9-10,17H,2-3,7-8,11-13H2,1H3/b15-14+;. The van der Waals surface area contributed by atoms with E-state index in [9.17, 15) is 5.11 Å². The zero-order valence-electron chi connectivity index (χ0n) is 21.9. The van der Waals surface area contributed by atoms with Crippen LogP contribution in [0.5, 0.6) is 5.75 Å². The molecule has 1 heterocycles. The number of hydrogen-bond acceptors (Lipinski definition) is 3. The fourth-order valence-corrected chi connectivity index (χ4v) is 5.33. The fourth-order valence-electron chi connectivity index (χ4n) is 4.95. The fraction of sp³-hybridized carbons (Fsp3) is 0.312. The van der Waals surface area contributed by atoms with E-state index in [0.717, 1.165) is 40.0 Å². The van der Waals surface area contributed by atoms with Crippen molar-refractivity contribution in [2.24, 2.45) is 0 Å². The molecule has 190 valence electrons. The van der Waals surface area contributed by atoms with Gasteiger partial charge >= 0.3 is 0 Å². The minimum atomic E-state index is 0.191. The summed E-state index contributed by atoms with van der Waals surface area (Å²) in [5.74, 6) is 0.288. The molecule has 3 nitrogen and oxygen atoms in total. The lowest BCUT2D eigenvalue weighted by atomic mass is 9.76. The summed E-state index contributed by atoms with van der Waals surface area (Å²) in [4.78, 5) is 2.08. The SMILES string of the molecule is C=C(NCCC)C1(c2ccccc2)CCCC1.C=C/C(Br)=C1/C=C(c2ccccc2O)C=C(C)N1C. The molecule has 4 heteroatoms. The zero-order chi connectivity index (χ0) is 26.1. The van der Waals surface area contributed by atoms with Gasteiger partial charge in [-0.15, -0.1) is 0 Å². The Kier molecular flexibility index (Phi) is 9.83. The van der Waals surface area contributed by atoms with Crippen molar-refractivity contribution < 1.29 is 5.11 Å². The summed E-state index contributed by atoms with van der Waals surface area (Å²) in [6.45, 7) is 13.4. The smallest absolute Gasteiger partial charge is 0.123 e. The first-order valence-corrected chi connectivity index (χ1v) is 13.6. The van der Waals surface area contributed by atoms with Gasteiger partial charge in [0, 0.05) is 40.4 Å². The largest absolute Gasteiger partial charge is 0.507 e. The van der Waals surface area contributed by atoms with Crippen LogP contribution >= 0.6 is 15.9 Å². The summed E-state index contributed by atoms with van der Waals surface area (Å²) in [7, 11) is 2.00. The molecule has 0 bridgehead atoms. The summed E-state index contributed by atoms with van der Waals surface area (Å²) in [5.41, 5.74) is 6.80. The van der Waals surface area contributed by atoms with E-state index in [1.807, 2.05) is 38.2 Å². The van der Waals surface area contributed by atoms with Gasteiger partial charge in [0.2, 0.25) is 0 Å². The van der Waals surface area contributed by atoms with Gasteiger partial charge in [0.05, 0.1) is 5.70 Å². The van der Waals surface area contributed by atoms with Gasteiger partial charge in [-0.2, -0.15) is 0 Å². The molecule has 0 atom stereocenters. The number of para-hydroxylation sites is 1. The van der Waals surface area contributed by atoms with Gasteiger partial charge in [-0.25, -0.2) is 0 Å². The number of aromatic hydroxyl groups is 1. The number of allylic oxidation sites excluding steroid dienone is 7.